The fourth-order valence-corrected chi connectivity index (χ4v) is 4.00. The summed E-state index contributed by atoms with van der Waals surface area (Å²) in [4.78, 5) is 0. The Morgan fingerprint density at radius 3 is 2.75 bits per heavy atom. The molecule has 1 aliphatic rings. The lowest BCUT2D eigenvalue weighted by Crippen LogP contribution is -2.38. The summed E-state index contributed by atoms with van der Waals surface area (Å²) in [7, 11) is -1.25. The van der Waals surface area contributed by atoms with Crippen molar-refractivity contribution < 1.29 is 13.2 Å². The number of rotatable bonds is 5. The van der Waals surface area contributed by atoms with Crippen LogP contribution in [-0.4, -0.2) is 33.1 Å². The van der Waals surface area contributed by atoms with E-state index in [1.165, 1.54) is 6.26 Å². The van der Waals surface area contributed by atoms with E-state index < -0.39 is 9.84 Å². The van der Waals surface area contributed by atoms with Crippen molar-refractivity contribution in [3.8, 4) is 5.75 Å². The number of hydrogen-bond acceptors (Lipinski definition) is 4. The van der Waals surface area contributed by atoms with Gasteiger partial charge in [-0.15, -0.1) is 0 Å². The lowest BCUT2D eigenvalue weighted by molar-refractivity contribution is 0.364. The smallest absolute Gasteiger partial charge is 0.150 e. The molecule has 2 unspecified atom stereocenters. The molecule has 112 valence electrons. The molecule has 0 amide bonds. The van der Waals surface area contributed by atoms with Gasteiger partial charge in [-0.25, -0.2) is 8.42 Å². The Kier molecular flexibility index (Phi) is 5.05. The van der Waals surface area contributed by atoms with E-state index in [0.717, 1.165) is 30.6 Å². The zero-order valence-corrected chi connectivity index (χ0v) is 12.9. The Balaban J connectivity index is 1.94. The van der Waals surface area contributed by atoms with E-state index >= 15 is 0 Å². The second kappa shape index (κ2) is 6.59. The molecular weight excluding hydrogens is 274 g/mol. The Morgan fingerprint density at radius 2 is 2.05 bits per heavy atom. The summed E-state index contributed by atoms with van der Waals surface area (Å²) in [5.74, 6) is 0.871. The number of para-hydroxylation sites is 1. The Hall–Kier alpha value is -1.07. The molecule has 5 heteroatoms. The van der Waals surface area contributed by atoms with Crippen molar-refractivity contribution in [2.45, 2.75) is 43.5 Å². The third-order valence-corrected chi connectivity index (χ3v) is 5.64. The highest BCUT2D eigenvalue weighted by molar-refractivity contribution is 7.91. The first-order chi connectivity index (χ1) is 9.50. The van der Waals surface area contributed by atoms with Gasteiger partial charge in [0.05, 0.1) is 12.4 Å². The molecule has 2 rings (SSSR count). The fourth-order valence-electron chi connectivity index (χ4n) is 2.82. The SMILES string of the molecule is COc1ccccc1CNC1CCCC(S(C)(=O)=O)C1. The summed E-state index contributed by atoms with van der Waals surface area (Å²) in [6.07, 6.45) is 4.88. The van der Waals surface area contributed by atoms with Crippen molar-refractivity contribution in [2.24, 2.45) is 0 Å². The molecule has 1 N–H and O–H groups in total. The highest BCUT2D eigenvalue weighted by Gasteiger charge is 2.28. The van der Waals surface area contributed by atoms with E-state index in [1.54, 1.807) is 7.11 Å². The Labute approximate surface area is 121 Å². The van der Waals surface area contributed by atoms with Gasteiger partial charge < -0.3 is 10.1 Å². The van der Waals surface area contributed by atoms with Crippen LogP contribution in [0.5, 0.6) is 5.75 Å². The average Bonchev–Trinajstić information content (AvgIpc) is 2.45. The third-order valence-electron chi connectivity index (χ3n) is 4.01. The number of sulfone groups is 1. The zero-order chi connectivity index (χ0) is 14.6. The summed E-state index contributed by atoms with van der Waals surface area (Å²) < 4.78 is 28.6. The molecule has 0 saturated heterocycles. The van der Waals surface area contributed by atoms with E-state index in [1.807, 2.05) is 24.3 Å². The number of ether oxygens (including phenoxy) is 1. The molecule has 2 atom stereocenters. The van der Waals surface area contributed by atoms with Crippen LogP contribution in [0.3, 0.4) is 0 Å². The molecule has 20 heavy (non-hydrogen) atoms. The lowest BCUT2D eigenvalue weighted by atomic mass is 9.95. The van der Waals surface area contributed by atoms with Crippen molar-refractivity contribution in [1.82, 2.24) is 5.32 Å². The molecule has 0 aliphatic heterocycles. The first-order valence-corrected chi connectivity index (χ1v) is 9.00. The predicted octanol–water partition coefficient (Wildman–Crippen LogP) is 2.14. The topological polar surface area (TPSA) is 55.4 Å². The van der Waals surface area contributed by atoms with Crippen LogP contribution in [0.25, 0.3) is 0 Å². The van der Waals surface area contributed by atoms with E-state index in [-0.39, 0.29) is 11.3 Å². The van der Waals surface area contributed by atoms with Gasteiger partial charge in [0, 0.05) is 24.4 Å². The van der Waals surface area contributed by atoms with Crippen LogP contribution in [0, 0.1) is 0 Å². The Bertz CT molecular complexity index is 542. The summed E-state index contributed by atoms with van der Waals surface area (Å²) in [5.41, 5.74) is 1.11. The number of nitrogens with one attached hydrogen (secondary N) is 1. The van der Waals surface area contributed by atoms with E-state index in [4.69, 9.17) is 4.74 Å². The van der Waals surface area contributed by atoms with Crippen LogP contribution in [0.4, 0.5) is 0 Å². The van der Waals surface area contributed by atoms with Crippen LogP contribution in [0.15, 0.2) is 24.3 Å². The first kappa shape index (κ1) is 15.3. The molecule has 4 nitrogen and oxygen atoms in total. The van der Waals surface area contributed by atoms with Crippen molar-refractivity contribution in [2.75, 3.05) is 13.4 Å². The van der Waals surface area contributed by atoms with Crippen LogP contribution in [-0.2, 0) is 16.4 Å². The quantitative estimate of drug-likeness (QED) is 0.904. The van der Waals surface area contributed by atoms with Gasteiger partial charge in [-0.1, -0.05) is 24.6 Å². The van der Waals surface area contributed by atoms with Crippen LogP contribution >= 0.6 is 0 Å². The minimum absolute atomic E-state index is 0.189. The summed E-state index contributed by atoms with van der Waals surface area (Å²) in [6, 6.07) is 8.18. The maximum atomic E-state index is 11.7. The minimum atomic E-state index is -2.92. The monoisotopic (exact) mass is 297 g/mol. The van der Waals surface area contributed by atoms with Crippen LogP contribution in [0.1, 0.15) is 31.2 Å². The molecular formula is C15H23NO3S. The molecule has 1 saturated carbocycles. The maximum absolute atomic E-state index is 11.7. The van der Waals surface area contributed by atoms with Gasteiger partial charge in [0.1, 0.15) is 15.6 Å². The average molecular weight is 297 g/mol. The number of methoxy groups -OCH3 is 1. The normalized spacial score (nSPS) is 23.5. The second-order valence-electron chi connectivity index (χ2n) is 5.51. The van der Waals surface area contributed by atoms with Gasteiger partial charge in [0.2, 0.25) is 0 Å². The predicted molar refractivity (Wildman–Crippen MR) is 80.7 cm³/mol. The maximum Gasteiger partial charge on any atom is 0.150 e. The summed E-state index contributed by atoms with van der Waals surface area (Å²) >= 11 is 0. The van der Waals surface area contributed by atoms with Crippen LogP contribution in [0.2, 0.25) is 0 Å². The Morgan fingerprint density at radius 1 is 1.30 bits per heavy atom. The molecule has 1 aromatic rings. The molecule has 0 bridgehead atoms. The molecule has 1 fully saturated rings. The third kappa shape index (κ3) is 3.96. The van der Waals surface area contributed by atoms with Gasteiger partial charge >= 0.3 is 0 Å². The van der Waals surface area contributed by atoms with E-state index in [2.05, 4.69) is 5.32 Å². The van der Waals surface area contributed by atoms with Gasteiger partial charge in [-0.2, -0.15) is 0 Å². The highest BCUT2D eigenvalue weighted by atomic mass is 32.2. The van der Waals surface area contributed by atoms with Gasteiger partial charge in [0.25, 0.3) is 0 Å². The number of hydrogen-bond donors (Lipinski definition) is 1. The van der Waals surface area contributed by atoms with E-state index in [9.17, 15) is 8.42 Å². The molecule has 0 spiro atoms. The van der Waals surface area contributed by atoms with Gasteiger partial charge in [-0.3, -0.25) is 0 Å². The molecule has 0 aromatic heterocycles. The van der Waals surface area contributed by atoms with Crippen molar-refractivity contribution >= 4 is 9.84 Å². The summed E-state index contributed by atoms with van der Waals surface area (Å²) in [6.45, 7) is 0.713. The summed E-state index contributed by atoms with van der Waals surface area (Å²) in [5, 5.41) is 3.28. The van der Waals surface area contributed by atoms with Crippen LogP contribution < -0.4 is 10.1 Å². The second-order valence-corrected chi connectivity index (χ2v) is 7.83. The largest absolute Gasteiger partial charge is 0.496 e. The number of benzene rings is 1. The highest BCUT2D eigenvalue weighted by Crippen LogP contribution is 2.25. The first-order valence-electron chi connectivity index (χ1n) is 7.05. The molecule has 1 aliphatic carbocycles. The van der Waals surface area contributed by atoms with Gasteiger partial charge in [0.15, 0.2) is 0 Å². The molecule has 0 radical (unpaired) electrons. The van der Waals surface area contributed by atoms with Crippen molar-refractivity contribution in [3.63, 3.8) is 0 Å². The minimum Gasteiger partial charge on any atom is -0.496 e. The molecule has 1 aromatic carbocycles. The van der Waals surface area contributed by atoms with E-state index in [0.29, 0.717) is 13.0 Å². The van der Waals surface area contributed by atoms with Gasteiger partial charge in [-0.05, 0) is 25.3 Å². The van der Waals surface area contributed by atoms with Crippen molar-refractivity contribution in [3.05, 3.63) is 29.8 Å². The standard InChI is InChI=1S/C15H23NO3S/c1-19-15-9-4-3-6-12(15)11-16-13-7-5-8-14(10-13)20(2,17)18/h3-4,6,9,13-14,16H,5,7-8,10-11H2,1-2H3. The zero-order valence-electron chi connectivity index (χ0n) is 12.1. The molecule has 0 heterocycles. The van der Waals surface area contributed by atoms with Crippen molar-refractivity contribution in [1.29, 1.82) is 0 Å². The lowest BCUT2D eigenvalue weighted by Gasteiger charge is -2.29. The fraction of sp³-hybridized carbons (Fsp3) is 0.600.